The summed E-state index contributed by atoms with van der Waals surface area (Å²) in [5, 5.41) is 3.35. The molecule has 3 rings (SSSR count). The van der Waals surface area contributed by atoms with Crippen molar-refractivity contribution in [1.29, 1.82) is 0 Å². The lowest BCUT2D eigenvalue weighted by Crippen LogP contribution is -2.46. The Morgan fingerprint density at radius 1 is 1.33 bits per heavy atom. The van der Waals surface area contributed by atoms with Crippen molar-refractivity contribution in [1.82, 2.24) is 10.3 Å². The first-order chi connectivity index (χ1) is 10.4. The van der Waals surface area contributed by atoms with Crippen molar-refractivity contribution >= 4 is 0 Å². The lowest BCUT2D eigenvalue weighted by Gasteiger charge is -2.27. The Morgan fingerprint density at radius 3 is 3.00 bits per heavy atom. The second kappa shape index (κ2) is 7.23. The summed E-state index contributed by atoms with van der Waals surface area (Å²) in [6, 6.07) is 2.72. The summed E-state index contributed by atoms with van der Waals surface area (Å²) in [6.07, 6.45) is 10.1. The molecule has 0 spiro atoms. The highest BCUT2D eigenvalue weighted by molar-refractivity contribution is 5.30. The van der Waals surface area contributed by atoms with Crippen molar-refractivity contribution < 1.29 is 9.47 Å². The molecule has 21 heavy (non-hydrogen) atoms. The van der Waals surface area contributed by atoms with Crippen LogP contribution in [0.15, 0.2) is 18.5 Å². The van der Waals surface area contributed by atoms with Crippen molar-refractivity contribution in [3.05, 3.63) is 24.0 Å². The predicted molar refractivity (Wildman–Crippen MR) is 82.7 cm³/mol. The minimum absolute atomic E-state index is 0.531. The average Bonchev–Trinajstić information content (AvgIpc) is 3.22. The Balaban J connectivity index is 1.43. The van der Waals surface area contributed by atoms with Gasteiger partial charge in [-0.3, -0.25) is 4.98 Å². The molecule has 3 atom stereocenters. The second-order valence-electron chi connectivity index (χ2n) is 6.30. The van der Waals surface area contributed by atoms with E-state index in [1.165, 1.54) is 37.7 Å². The van der Waals surface area contributed by atoms with Gasteiger partial charge in [-0.25, -0.2) is 0 Å². The molecule has 2 aliphatic rings. The maximum absolute atomic E-state index is 5.84. The minimum Gasteiger partial charge on any atom is -0.490 e. The predicted octanol–water partition coefficient (Wildman–Crippen LogP) is 2.74. The first-order valence-corrected chi connectivity index (χ1v) is 8.17. The van der Waals surface area contributed by atoms with E-state index in [0.29, 0.717) is 12.0 Å². The molecule has 1 aliphatic carbocycles. The van der Waals surface area contributed by atoms with Gasteiger partial charge in [0.1, 0.15) is 12.4 Å². The summed E-state index contributed by atoms with van der Waals surface area (Å²) >= 11 is 0. The number of pyridine rings is 1. The van der Waals surface area contributed by atoms with Gasteiger partial charge in [0.15, 0.2) is 0 Å². The maximum atomic E-state index is 5.84. The summed E-state index contributed by atoms with van der Waals surface area (Å²) < 4.78 is 10.9. The maximum Gasteiger partial charge on any atom is 0.137 e. The molecule has 4 heteroatoms. The zero-order chi connectivity index (χ0) is 14.5. The number of methoxy groups -OCH3 is 1. The van der Waals surface area contributed by atoms with Crippen LogP contribution in [-0.4, -0.2) is 37.9 Å². The third-order valence-corrected chi connectivity index (χ3v) is 4.64. The van der Waals surface area contributed by atoms with Crippen LogP contribution in [0, 0.1) is 5.92 Å². The first-order valence-electron chi connectivity index (χ1n) is 8.17. The molecule has 1 aromatic rings. The van der Waals surface area contributed by atoms with E-state index in [1.807, 2.05) is 12.4 Å². The summed E-state index contributed by atoms with van der Waals surface area (Å²) in [5.74, 6) is 2.46. The normalized spacial score (nSPS) is 27.2. The molecule has 0 aromatic carbocycles. The smallest absolute Gasteiger partial charge is 0.137 e. The molecule has 4 nitrogen and oxygen atoms in total. The van der Waals surface area contributed by atoms with Gasteiger partial charge in [-0.1, -0.05) is 6.42 Å². The number of unbranched alkanes of at least 4 members (excludes halogenated alkanes) is 1. The molecule has 1 saturated carbocycles. The summed E-state index contributed by atoms with van der Waals surface area (Å²) in [6.45, 7) is 2.77. The van der Waals surface area contributed by atoms with Gasteiger partial charge in [0.2, 0.25) is 0 Å². The van der Waals surface area contributed by atoms with Crippen LogP contribution in [0.2, 0.25) is 0 Å². The van der Waals surface area contributed by atoms with Gasteiger partial charge >= 0.3 is 0 Å². The van der Waals surface area contributed by atoms with Crippen LogP contribution < -0.4 is 10.1 Å². The van der Waals surface area contributed by atoms with Crippen LogP contribution in [0.4, 0.5) is 0 Å². The zero-order valence-electron chi connectivity index (χ0n) is 12.9. The summed E-state index contributed by atoms with van der Waals surface area (Å²) in [7, 11) is 1.77. The number of nitrogens with zero attached hydrogens (tertiary/aromatic N) is 1. The Bertz CT molecular complexity index is 448. The van der Waals surface area contributed by atoms with Crippen LogP contribution in [0.5, 0.6) is 5.75 Å². The molecule has 116 valence electrons. The van der Waals surface area contributed by atoms with E-state index in [4.69, 9.17) is 9.47 Å². The third kappa shape index (κ3) is 4.17. The largest absolute Gasteiger partial charge is 0.490 e. The van der Waals surface area contributed by atoms with Crippen LogP contribution in [0.3, 0.4) is 0 Å². The number of aromatic nitrogens is 1. The molecular weight excluding hydrogens is 264 g/mol. The molecule has 0 bridgehead atoms. The zero-order valence-corrected chi connectivity index (χ0v) is 12.9. The Hall–Kier alpha value is -1.13. The van der Waals surface area contributed by atoms with E-state index >= 15 is 0 Å². The van der Waals surface area contributed by atoms with Crippen LogP contribution in [0.25, 0.3) is 0 Å². The standard InChI is InChI=1S/C17H26N2O2/c1-20-7-3-2-4-13-9-17(13)14-8-16(11-18-10-14)21-12-15-5-6-19-15/h8,10-11,13,15,17,19H,2-7,9,12H2,1H3. The van der Waals surface area contributed by atoms with Crippen molar-refractivity contribution in [2.45, 2.75) is 44.1 Å². The SMILES string of the molecule is COCCCCC1CC1c1cncc(OCC2CCN2)c1. The van der Waals surface area contributed by atoms with Crippen LogP contribution in [0.1, 0.15) is 43.6 Å². The monoisotopic (exact) mass is 290 g/mol. The number of hydrogen-bond acceptors (Lipinski definition) is 4. The Kier molecular flexibility index (Phi) is 5.09. The van der Waals surface area contributed by atoms with E-state index in [2.05, 4.69) is 16.4 Å². The van der Waals surface area contributed by atoms with Gasteiger partial charge in [-0.2, -0.15) is 0 Å². The lowest BCUT2D eigenvalue weighted by atomic mass is 10.1. The second-order valence-corrected chi connectivity index (χ2v) is 6.30. The number of ether oxygens (including phenoxy) is 2. The molecule has 1 N–H and O–H groups in total. The van der Waals surface area contributed by atoms with Gasteiger partial charge in [0.05, 0.1) is 6.20 Å². The molecule has 3 unspecified atom stereocenters. The van der Waals surface area contributed by atoms with Gasteiger partial charge in [0, 0.05) is 26.0 Å². The molecule has 1 aliphatic heterocycles. The van der Waals surface area contributed by atoms with Crippen molar-refractivity contribution in [3.63, 3.8) is 0 Å². The molecule has 2 fully saturated rings. The number of rotatable bonds is 9. The highest BCUT2D eigenvalue weighted by Crippen LogP contribution is 2.50. The fourth-order valence-corrected chi connectivity index (χ4v) is 3.03. The number of hydrogen-bond donors (Lipinski definition) is 1. The lowest BCUT2D eigenvalue weighted by molar-refractivity contribution is 0.191. The van der Waals surface area contributed by atoms with E-state index in [0.717, 1.165) is 31.4 Å². The Labute approximate surface area is 127 Å². The molecule has 0 radical (unpaired) electrons. The highest BCUT2D eigenvalue weighted by atomic mass is 16.5. The van der Waals surface area contributed by atoms with E-state index < -0.39 is 0 Å². The molecule has 1 aromatic heterocycles. The van der Waals surface area contributed by atoms with Crippen LogP contribution >= 0.6 is 0 Å². The number of nitrogens with one attached hydrogen (secondary N) is 1. The third-order valence-electron chi connectivity index (χ3n) is 4.64. The van der Waals surface area contributed by atoms with E-state index in [-0.39, 0.29) is 0 Å². The topological polar surface area (TPSA) is 43.4 Å². The van der Waals surface area contributed by atoms with E-state index in [1.54, 1.807) is 7.11 Å². The van der Waals surface area contributed by atoms with Gasteiger partial charge in [-0.15, -0.1) is 0 Å². The molecule has 1 saturated heterocycles. The van der Waals surface area contributed by atoms with E-state index in [9.17, 15) is 0 Å². The molecular formula is C17H26N2O2. The van der Waals surface area contributed by atoms with Crippen LogP contribution in [-0.2, 0) is 4.74 Å². The molecule has 2 heterocycles. The summed E-state index contributed by atoms with van der Waals surface area (Å²) in [5.41, 5.74) is 1.35. The van der Waals surface area contributed by atoms with Crippen molar-refractivity contribution in [3.8, 4) is 5.75 Å². The van der Waals surface area contributed by atoms with Gasteiger partial charge < -0.3 is 14.8 Å². The highest BCUT2D eigenvalue weighted by Gasteiger charge is 2.37. The Morgan fingerprint density at radius 2 is 2.24 bits per heavy atom. The summed E-state index contributed by atoms with van der Waals surface area (Å²) in [4.78, 5) is 4.35. The van der Waals surface area contributed by atoms with Gasteiger partial charge in [0.25, 0.3) is 0 Å². The fraction of sp³-hybridized carbons (Fsp3) is 0.706. The fourth-order valence-electron chi connectivity index (χ4n) is 3.03. The quantitative estimate of drug-likeness (QED) is 0.710. The molecule has 0 amide bonds. The van der Waals surface area contributed by atoms with Gasteiger partial charge in [-0.05, 0) is 55.7 Å². The van der Waals surface area contributed by atoms with Crippen molar-refractivity contribution in [2.24, 2.45) is 5.92 Å². The minimum atomic E-state index is 0.531. The average molecular weight is 290 g/mol. The first kappa shape index (κ1) is 14.8. The van der Waals surface area contributed by atoms with Crippen molar-refractivity contribution in [2.75, 3.05) is 26.9 Å².